The minimum Gasteiger partial charge on any atom is -0.384 e. The summed E-state index contributed by atoms with van der Waals surface area (Å²) in [7, 11) is 0. The third-order valence-corrected chi connectivity index (χ3v) is 4.53. The Kier molecular flexibility index (Phi) is 3.43. The van der Waals surface area contributed by atoms with Gasteiger partial charge in [-0.1, -0.05) is 24.3 Å². The molecule has 1 unspecified atom stereocenters. The molecule has 1 aromatic rings. The van der Waals surface area contributed by atoms with Crippen LogP contribution in [0.2, 0.25) is 0 Å². The minimum atomic E-state index is -1.04. The van der Waals surface area contributed by atoms with Crippen LogP contribution >= 0.6 is 0 Å². The van der Waals surface area contributed by atoms with Gasteiger partial charge in [-0.3, -0.25) is 4.79 Å². The molecule has 1 aliphatic carbocycles. The van der Waals surface area contributed by atoms with E-state index in [1.807, 2.05) is 52.0 Å². The predicted molar refractivity (Wildman–Crippen MR) is 75.8 cm³/mol. The van der Waals surface area contributed by atoms with Crippen molar-refractivity contribution in [2.75, 3.05) is 13.1 Å². The SMILES string of the molecule is CCN(CC)C(=O)C(C)(C)C1(O)Cc2ccccc21. The van der Waals surface area contributed by atoms with Gasteiger partial charge in [0.25, 0.3) is 0 Å². The number of aliphatic hydroxyl groups is 1. The first-order chi connectivity index (χ1) is 8.88. The number of benzene rings is 1. The van der Waals surface area contributed by atoms with Crippen molar-refractivity contribution < 1.29 is 9.90 Å². The van der Waals surface area contributed by atoms with Crippen LogP contribution in [0.15, 0.2) is 24.3 Å². The Balaban J connectivity index is 2.34. The fraction of sp³-hybridized carbons (Fsp3) is 0.562. The summed E-state index contributed by atoms with van der Waals surface area (Å²) in [4.78, 5) is 14.4. The number of fused-ring (bicyclic) bond motifs is 1. The highest BCUT2D eigenvalue weighted by atomic mass is 16.3. The fourth-order valence-corrected chi connectivity index (χ4v) is 2.98. The maximum Gasteiger partial charge on any atom is 0.231 e. The predicted octanol–water partition coefficient (Wildman–Crippen LogP) is 2.32. The van der Waals surface area contributed by atoms with Gasteiger partial charge in [0.05, 0.1) is 5.41 Å². The molecule has 0 bridgehead atoms. The first-order valence-electron chi connectivity index (χ1n) is 6.98. The van der Waals surface area contributed by atoms with Gasteiger partial charge in [-0.05, 0) is 38.8 Å². The van der Waals surface area contributed by atoms with Gasteiger partial charge in [0.1, 0.15) is 5.60 Å². The number of hydrogen-bond donors (Lipinski definition) is 1. The van der Waals surface area contributed by atoms with Crippen molar-refractivity contribution in [3.8, 4) is 0 Å². The summed E-state index contributed by atoms with van der Waals surface area (Å²) >= 11 is 0. The second-order valence-electron chi connectivity index (χ2n) is 5.80. The highest BCUT2D eigenvalue weighted by molar-refractivity contribution is 5.84. The van der Waals surface area contributed by atoms with Crippen LogP contribution in [0.3, 0.4) is 0 Å². The van der Waals surface area contributed by atoms with Crippen LogP contribution in [-0.4, -0.2) is 29.0 Å². The Morgan fingerprint density at radius 3 is 2.42 bits per heavy atom. The molecule has 0 heterocycles. The lowest BCUT2D eigenvalue weighted by molar-refractivity contribution is -0.163. The zero-order valence-electron chi connectivity index (χ0n) is 12.2. The van der Waals surface area contributed by atoms with E-state index in [0.717, 1.165) is 11.1 Å². The third-order valence-electron chi connectivity index (χ3n) is 4.53. The average molecular weight is 261 g/mol. The summed E-state index contributed by atoms with van der Waals surface area (Å²) in [6, 6.07) is 7.83. The van der Waals surface area contributed by atoms with Crippen LogP contribution in [0, 0.1) is 5.41 Å². The fourth-order valence-electron chi connectivity index (χ4n) is 2.98. The van der Waals surface area contributed by atoms with Crippen LogP contribution in [0.4, 0.5) is 0 Å². The molecule has 0 spiro atoms. The minimum absolute atomic E-state index is 0.0227. The number of carbonyl (C=O) groups is 1. The molecule has 1 atom stereocenters. The maximum atomic E-state index is 12.6. The van der Waals surface area contributed by atoms with Crippen LogP contribution in [0.5, 0.6) is 0 Å². The van der Waals surface area contributed by atoms with Crippen LogP contribution in [0.1, 0.15) is 38.8 Å². The Bertz CT molecular complexity index is 491. The lowest BCUT2D eigenvalue weighted by Crippen LogP contribution is -2.58. The third kappa shape index (κ3) is 1.88. The van der Waals surface area contributed by atoms with Crippen molar-refractivity contribution in [3.63, 3.8) is 0 Å². The molecule has 3 heteroatoms. The quantitative estimate of drug-likeness (QED) is 0.903. The Hall–Kier alpha value is -1.35. The van der Waals surface area contributed by atoms with Gasteiger partial charge in [-0.15, -0.1) is 0 Å². The van der Waals surface area contributed by atoms with Gasteiger partial charge in [0.2, 0.25) is 5.91 Å². The second kappa shape index (κ2) is 4.64. The number of rotatable bonds is 4. The highest BCUT2D eigenvalue weighted by Gasteiger charge is 2.56. The van der Waals surface area contributed by atoms with Crippen LogP contribution < -0.4 is 0 Å². The summed E-state index contributed by atoms with van der Waals surface area (Å²) in [5.74, 6) is 0.0227. The summed E-state index contributed by atoms with van der Waals surface area (Å²) in [5, 5.41) is 11.0. The maximum absolute atomic E-state index is 12.6. The van der Waals surface area contributed by atoms with Crippen molar-refractivity contribution in [3.05, 3.63) is 35.4 Å². The van der Waals surface area contributed by atoms with E-state index >= 15 is 0 Å². The molecule has 2 rings (SSSR count). The first-order valence-corrected chi connectivity index (χ1v) is 6.98. The van der Waals surface area contributed by atoms with Crippen LogP contribution in [-0.2, 0) is 16.8 Å². The molecule has 0 aliphatic heterocycles. The molecule has 0 fully saturated rings. The standard InChI is InChI=1S/C16H23NO2/c1-5-17(6-2)14(18)15(3,4)16(19)11-12-9-7-8-10-13(12)16/h7-10,19H,5-6,11H2,1-4H3. The summed E-state index contributed by atoms with van der Waals surface area (Å²) in [6.45, 7) is 8.99. The molecule has 0 saturated carbocycles. The van der Waals surface area contributed by atoms with Crippen LogP contribution in [0.25, 0.3) is 0 Å². The van der Waals surface area contributed by atoms with Gasteiger partial charge < -0.3 is 10.0 Å². The molecule has 19 heavy (non-hydrogen) atoms. The zero-order valence-corrected chi connectivity index (χ0v) is 12.2. The number of carbonyl (C=O) groups excluding carboxylic acids is 1. The Morgan fingerprint density at radius 1 is 1.32 bits per heavy atom. The second-order valence-corrected chi connectivity index (χ2v) is 5.80. The van der Waals surface area contributed by atoms with Gasteiger partial charge in [-0.2, -0.15) is 0 Å². The lowest BCUT2D eigenvalue weighted by atomic mass is 9.59. The topological polar surface area (TPSA) is 40.5 Å². The average Bonchev–Trinajstić information content (AvgIpc) is 2.38. The van der Waals surface area contributed by atoms with Crippen molar-refractivity contribution in [1.82, 2.24) is 4.90 Å². The molecule has 1 aromatic carbocycles. The van der Waals surface area contributed by atoms with Crippen molar-refractivity contribution in [2.45, 2.75) is 39.7 Å². The zero-order chi connectivity index (χ0) is 14.3. The Morgan fingerprint density at radius 2 is 1.89 bits per heavy atom. The first kappa shape index (κ1) is 14.1. The molecule has 1 aliphatic rings. The number of amides is 1. The Labute approximate surface area is 115 Å². The number of nitrogens with zero attached hydrogens (tertiary/aromatic N) is 1. The van der Waals surface area contributed by atoms with Crippen molar-refractivity contribution >= 4 is 5.91 Å². The van der Waals surface area contributed by atoms with E-state index in [9.17, 15) is 9.90 Å². The van der Waals surface area contributed by atoms with Gasteiger partial charge >= 0.3 is 0 Å². The molecule has 1 N–H and O–H groups in total. The molecule has 0 radical (unpaired) electrons. The highest BCUT2D eigenvalue weighted by Crippen LogP contribution is 2.51. The van der Waals surface area contributed by atoms with Gasteiger partial charge in [0, 0.05) is 19.5 Å². The molecular weight excluding hydrogens is 238 g/mol. The van der Waals surface area contributed by atoms with E-state index < -0.39 is 11.0 Å². The smallest absolute Gasteiger partial charge is 0.231 e. The van der Waals surface area contributed by atoms with E-state index in [1.54, 1.807) is 4.90 Å². The van der Waals surface area contributed by atoms with Gasteiger partial charge in [-0.25, -0.2) is 0 Å². The molecule has 104 valence electrons. The summed E-state index contributed by atoms with van der Waals surface area (Å²) in [6.07, 6.45) is 0.559. The largest absolute Gasteiger partial charge is 0.384 e. The molecule has 1 amide bonds. The molecule has 0 aromatic heterocycles. The molecule has 0 saturated heterocycles. The van der Waals surface area contributed by atoms with E-state index in [-0.39, 0.29) is 5.91 Å². The van der Waals surface area contributed by atoms with E-state index in [4.69, 9.17) is 0 Å². The molecular formula is C16H23NO2. The van der Waals surface area contributed by atoms with Crippen molar-refractivity contribution in [1.29, 1.82) is 0 Å². The summed E-state index contributed by atoms with van der Waals surface area (Å²) < 4.78 is 0. The summed E-state index contributed by atoms with van der Waals surface area (Å²) in [5.41, 5.74) is 0.210. The van der Waals surface area contributed by atoms with Gasteiger partial charge in [0.15, 0.2) is 0 Å². The van der Waals surface area contributed by atoms with E-state index in [0.29, 0.717) is 19.5 Å². The normalized spacial score (nSPS) is 21.5. The number of hydrogen-bond acceptors (Lipinski definition) is 2. The molecule has 3 nitrogen and oxygen atoms in total. The monoisotopic (exact) mass is 261 g/mol. The van der Waals surface area contributed by atoms with Crippen molar-refractivity contribution in [2.24, 2.45) is 5.41 Å². The van der Waals surface area contributed by atoms with E-state index in [1.165, 1.54) is 0 Å². The lowest BCUT2D eigenvalue weighted by Gasteiger charge is -2.50. The van der Waals surface area contributed by atoms with E-state index in [2.05, 4.69) is 0 Å².